The summed E-state index contributed by atoms with van der Waals surface area (Å²) in [7, 11) is 1.79. The monoisotopic (exact) mass is 370 g/mol. The Morgan fingerprint density at radius 2 is 2.07 bits per heavy atom. The fourth-order valence-electron chi connectivity index (χ4n) is 3.07. The highest BCUT2D eigenvalue weighted by Crippen LogP contribution is 2.22. The summed E-state index contributed by atoms with van der Waals surface area (Å²) in [5.41, 5.74) is 3.09. The number of carbonyl (C=O) groups excluding carboxylic acids is 3. The Bertz CT molecular complexity index is 903. The molecule has 1 aromatic heterocycles. The number of nitrogens with one attached hydrogen (secondary N) is 1. The molecule has 0 atom stereocenters. The summed E-state index contributed by atoms with van der Waals surface area (Å²) in [6, 6.07) is 6.68. The van der Waals surface area contributed by atoms with Gasteiger partial charge < -0.3 is 15.0 Å². The van der Waals surface area contributed by atoms with Gasteiger partial charge in [-0.3, -0.25) is 14.3 Å². The Labute approximate surface area is 157 Å². The average molecular weight is 370 g/mol. The first kappa shape index (κ1) is 18.6. The lowest BCUT2D eigenvalue weighted by Gasteiger charge is -2.16. The number of benzene rings is 1. The van der Waals surface area contributed by atoms with Gasteiger partial charge in [0, 0.05) is 25.7 Å². The smallest absolute Gasteiger partial charge is 0.338 e. The third-order valence-corrected chi connectivity index (χ3v) is 4.57. The van der Waals surface area contributed by atoms with Gasteiger partial charge in [0.1, 0.15) is 0 Å². The third-order valence-electron chi connectivity index (χ3n) is 4.57. The number of carbonyl (C=O) groups is 3. The SMILES string of the molecule is Cc1nn(C)c(C)c1NC(=O)COC(=O)c1cccc(N2CCCC2=O)c1. The van der Waals surface area contributed by atoms with Crippen LogP contribution in [-0.2, 0) is 21.4 Å². The van der Waals surface area contributed by atoms with Crippen LogP contribution in [0.1, 0.15) is 34.6 Å². The fraction of sp³-hybridized carbons (Fsp3) is 0.368. The van der Waals surface area contributed by atoms with Gasteiger partial charge >= 0.3 is 5.97 Å². The Hall–Kier alpha value is -3.16. The molecule has 1 aliphatic rings. The average Bonchev–Trinajstić information content (AvgIpc) is 3.18. The lowest BCUT2D eigenvalue weighted by molar-refractivity contribution is -0.119. The van der Waals surface area contributed by atoms with Crippen molar-refractivity contribution in [1.29, 1.82) is 0 Å². The molecule has 3 rings (SSSR count). The number of aryl methyl sites for hydroxylation is 2. The number of ether oxygens (including phenoxy) is 1. The molecule has 1 aliphatic heterocycles. The van der Waals surface area contributed by atoms with E-state index in [2.05, 4.69) is 10.4 Å². The number of hydrogen-bond acceptors (Lipinski definition) is 5. The predicted octanol–water partition coefficient (Wildman–Crippen LogP) is 1.96. The van der Waals surface area contributed by atoms with Crippen molar-refractivity contribution in [2.45, 2.75) is 26.7 Å². The second-order valence-corrected chi connectivity index (χ2v) is 6.49. The molecule has 1 fully saturated rings. The molecule has 0 saturated carbocycles. The van der Waals surface area contributed by atoms with Crippen LogP contribution in [0.4, 0.5) is 11.4 Å². The van der Waals surface area contributed by atoms with Crippen LogP contribution in [0.3, 0.4) is 0 Å². The summed E-state index contributed by atoms with van der Waals surface area (Å²) in [5, 5.41) is 6.94. The summed E-state index contributed by atoms with van der Waals surface area (Å²) in [4.78, 5) is 37.9. The molecule has 1 saturated heterocycles. The van der Waals surface area contributed by atoms with E-state index < -0.39 is 18.5 Å². The van der Waals surface area contributed by atoms with E-state index in [9.17, 15) is 14.4 Å². The van der Waals surface area contributed by atoms with Crippen LogP contribution in [0.25, 0.3) is 0 Å². The quantitative estimate of drug-likeness (QED) is 0.812. The molecule has 8 heteroatoms. The summed E-state index contributed by atoms with van der Waals surface area (Å²) in [5.74, 6) is -1.01. The summed E-state index contributed by atoms with van der Waals surface area (Å²) >= 11 is 0. The maximum atomic E-state index is 12.3. The summed E-state index contributed by atoms with van der Waals surface area (Å²) < 4.78 is 6.78. The number of nitrogens with zero attached hydrogens (tertiary/aromatic N) is 3. The highest BCUT2D eigenvalue weighted by atomic mass is 16.5. The largest absolute Gasteiger partial charge is 0.452 e. The first-order valence-corrected chi connectivity index (χ1v) is 8.74. The van der Waals surface area contributed by atoms with E-state index in [0.717, 1.165) is 12.1 Å². The van der Waals surface area contributed by atoms with Gasteiger partial charge in [-0.05, 0) is 38.5 Å². The highest BCUT2D eigenvalue weighted by Gasteiger charge is 2.22. The van der Waals surface area contributed by atoms with Gasteiger partial charge in [-0.15, -0.1) is 0 Å². The Balaban J connectivity index is 1.60. The topological polar surface area (TPSA) is 93.5 Å². The van der Waals surface area contributed by atoms with Crippen molar-refractivity contribution in [1.82, 2.24) is 9.78 Å². The minimum Gasteiger partial charge on any atom is -0.452 e. The van der Waals surface area contributed by atoms with Crippen LogP contribution in [0.2, 0.25) is 0 Å². The molecule has 2 amide bonds. The van der Waals surface area contributed by atoms with E-state index in [0.29, 0.717) is 35.6 Å². The first-order valence-electron chi connectivity index (χ1n) is 8.74. The number of hydrogen-bond donors (Lipinski definition) is 1. The fourth-order valence-corrected chi connectivity index (χ4v) is 3.07. The van der Waals surface area contributed by atoms with E-state index in [1.165, 1.54) is 0 Å². The zero-order valence-electron chi connectivity index (χ0n) is 15.6. The zero-order valence-corrected chi connectivity index (χ0v) is 15.6. The lowest BCUT2D eigenvalue weighted by Crippen LogP contribution is -2.24. The van der Waals surface area contributed by atoms with Gasteiger partial charge in [0.2, 0.25) is 5.91 Å². The molecule has 1 aromatic carbocycles. The normalized spacial score (nSPS) is 13.7. The Kier molecular flexibility index (Phi) is 5.25. The molecule has 142 valence electrons. The number of amides is 2. The van der Waals surface area contributed by atoms with E-state index in [-0.39, 0.29) is 5.91 Å². The number of esters is 1. The molecule has 0 aliphatic carbocycles. The van der Waals surface area contributed by atoms with Crippen molar-refractivity contribution in [2.75, 3.05) is 23.4 Å². The number of aromatic nitrogens is 2. The number of anilines is 2. The Morgan fingerprint density at radius 3 is 2.70 bits per heavy atom. The maximum Gasteiger partial charge on any atom is 0.338 e. The van der Waals surface area contributed by atoms with Crippen LogP contribution >= 0.6 is 0 Å². The minimum atomic E-state index is -0.613. The van der Waals surface area contributed by atoms with Gasteiger partial charge in [-0.2, -0.15) is 5.10 Å². The third kappa shape index (κ3) is 3.99. The van der Waals surface area contributed by atoms with Gasteiger partial charge in [0.15, 0.2) is 6.61 Å². The molecule has 0 radical (unpaired) electrons. The van der Waals surface area contributed by atoms with Gasteiger partial charge in [-0.25, -0.2) is 4.79 Å². The molecular formula is C19H22N4O4. The van der Waals surface area contributed by atoms with Crippen LogP contribution in [0.15, 0.2) is 24.3 Å². The number of rotatable bonds is 5. The van der Waals surface area contributed by atoms with Crippen molar-refractivity contribution >= 4 is 29.2 Å². The van der Waals surface area contributed by atoms with Crippen LogP contribution < -0.4 is 10.2 Å². The van der Waals surface area contributed by atoms with Crippen molar-refractivity contribution < 1.29 is 19.1 Å². The standard InChI is InChI=1S/C19H22N4O4/c1-12-18(13(2)22(3)21-12)20-16(24)11-27-19(26)14-6-4-7-15(10-14)23-9-5-8-17(23)25/h4,6-7,10H,5,8-9,11H2,1-3H3,(H,20,24). The van der Waals surface area contributed by atoms with E-state index in [4.69, 9.17) is 4.74 Å². The zero-order chi connectivity index (χ0) is 19.6. The van der Waals surface area contributed by atoms with E-state index in [1.54, 1.807) is 47.8 Å². The molecule has 2 aromatic rings. The Morgan fingerprint density at radius 1 is 1.30 bits per heavy atom. The molecule has 1 N–H and O–H groups in total. The van der Waals surface area contributed by atoms with Crippen LogP contribution in [-0.4, -0.2) is 40.7 Å². The van der Waals surface area contributed by atoms with Crippen LogP contribution in [0, 0.1) is 13.8 Å². The second-order valence-electron chi connectivity index (χ2n) is 6.49. The van der Waals surface area contributed by atoms with Gasteiger partial charge in [-0.1, -0.05) is 6.07 Å². The van der Waals surface area contributed by atoms with E-state index in [1.807, 2.05) is 6.92 Å². The van der Waals surface area contributed by atoms with E-state index >= 15 is 0 Å². The van der Waals surface area contributed by atoms with Crippen molar-refractivity contribution in [3.8, 4) is 0 Å². The maximum absolute atomic E-state index is 12.3. The molecule has 2 heterocycles. The lowest BCUT2D eigenvalue weighted by atomic mass is 10.2. The second kappa shape index (κ2) is 7.61. The predicted molar refractivity (Wildman–Crippen MR) is 99.6 cm³/mol. The highest BCUT2D eigenvalue weighted by molar-refractivity contribution is 5.99. The minimum absolute atomic E-state index is 0.0436. The van der Waals surface area contributed by atoms with Crippen LogP contribution in [0.5, 0.6) is 0 Å². The first-order chi connectivity index (χ1) is 12.9. The molecule has 0 bridgehead atoms. The van der Waals surface area contributed by atoms with Gasteiger partial charge in [0.25, 0.3) is 5.91 Å². The summed E-state index contributed by atoms with van der Waals surface area (Å²) in [6.45, 7) is 3.87. The molecule has 0 unspecified atom stereocenters. The molecule has 8 nitrogen and oxygen atoms in total. The molecule has 27 heavy (non-hydrogen) atoms. The van der Waals surface area contributed by atoms with Crippen molar-refractivity contribution in [3.05, 3.63) is 41.2 Å². The molecular weight excluding hydrogens is 348 g/mol. The molecule has 0 spiro atoms. The van der Waals surface area contributed by atoms with Crippen molar-refractivity contribution in [2.24, 2.45) is 7.05 Å². The van der Waals surface area contributed by atoms with Gasteiger partial charge in [0.05, 0.1) is 22.6 Å². The summed E-state index contributed by atoms with van der Waals surface area (Å²) in [6.07, 6.45) is 1.32. The van der Waals surface area contributed by atoms with Crippen molar-refractivity contribution in [3.63, 3.8) is 0 Å².